The minimum Gasteiger partial charge on any atom is -0.495 e. The van der Waals surface area contributed by atoms with Gasteiger partial charge in [0.15, 0.2) is 11.5 Å². The Morgan fingerprint density at radius 2 is 1.50 bits per heavy atom. The molecule has 2 amide bonds. The predicted molar refractivity (Wildman–Crippen MR) is 171 cm³/mol. The predicted octanol–water partition coefficient (Wildman–Crippen LogP) is 5.20. The summed E-state index contributed by atoms with van der Waals surface area (Å²) in [7, 11) is -0.204. The highest BCUT2D eigenvalue weighted by molar-refractivity contribution is 7.92. The number of carbonyl (C=O) groups excluding carboxylic acids is 2. The van der Waals surface area contributed by atoms with Crippen molar-refractivity contribution in [3.63, 3.8) is 0 Å². The van der Waals surface area contributed by atoms with Crippen molar-refractivity contribution < 1.29 is 32.2 Å². The monoisotopic (exact) mass is 645 g/mol. The van der Waals surface area contributed by atoms with Crippen molar-refractivity contribution in [1.82, 2.24) is 10.2 Å². The summed E-state index contributed by atoms with van der Waals surface area (Å²) >= 11 is 6.31. The highest BCUT2D eigenvalue weighted by Crippen LogP contribution is 2.37. The van der Waals surface area contributed by atoms with Gasteiger partial charge >= 0.3 is 0 Å². The van der Waals surface area contributed by atoms with Crippen molar-refractivity contribution in [1.29, 1.82) is 0 Å². The third kappa shape index (κ3) is 8.15. The summed E-state index contributed by atoms with van der Waals surface area (Å²) in [6.45, 7) is 6.81. The fourth-order valence-corrected chi connectivity index (χ4v) is 6.01. The second-order valence-electron chi connectivity index (χ2n) is 10.3. The summed E-state index contributed by atoms with van der Waals surface area (Å²) < 4.78 is 45.6. The Morgan fingerprint density at radius 3 is 2.09 bits per heavy atom. The van der Waals surface area contributed by atoms with E-state index in [4.69, 9.17) is 25.8 Å². The Hall–Kier alpha value is -3.96. The van der Waals surface area contributed by atoms with Gasteiger partial charge in [-0.1, -0.05) is 48.4 Å². The first kappa shape index (κ1) is 34.5. The Kier molecular flexibility index (Phi) is 11.9. The van der Waals surface area contributed by atoms with Crippen LogP contribution in [0.25, 0.3) is 0 Å². The molecule has 10 nitrogen and oxygen atoms in total. The number of rotatable bonds is 14. The van der Waals surface area contributed by atoms with E-state index in [0.29, 0.717) is 12.2 Å². The maximum absolute atomic E-state index is 14.3. The molecule has 0 heterocycles. The van der Waals surface area contributed by atoms with Gasteiger partial charge < -0.3 is 24.4 Å². The summed E-state index contributed by atoms with van der Waals surface area (Å²) in [6, 6.07) is 15.2. The van der Waals surface area contributed by atoms with E-state index in [2.05, 4.69) is 5.32 Å². The fraction of sp³-hybridized carbons (Fsp3) is 0.375. The molecule has 0 unspecified atom stereocenters. The van der Waals surface area contributed by atoms with Crippen LogP contribution in [0.2, 0.25) is 5.02 Å². The number of nitrogens with one attached hydrogen (secondary N) is 1. The molecule has 0 saturated heterocycles. The van der Waals surface area contributed by atoms with Crippen LogP contribution in [0, 0.1) is 6.92 Å². The van der Waals surface area contributed by atoms with E-state index in [0.717, 1.165) is 15.4 Å². The van der Waals surface area contributed by atoms with Gasteiger partial charge in [-0.3, -0.25) is 13.9 Å². The first-order valence-corrected chi connectivity index (χ1v) is 15.9. The molecule has 238 valence electrons. The van der Waals surface area contributed by atoms with E-state index in [9.17, 15) is 18.0 Å². The zero-order chi connectivity index (χ0) is 32.6. The molecule has 0 aliphatic rings. The molecular formula is C32H40ClN3O7S. The molecule has 3 rings (SSSR count). The number of carbonyl (C=O) groups is 2. The van der Waals surface area contributed by atoms with Crippen LogP contribution in [-0.4, -0.2) is 65.1 Å². The molecule has 12 heteroatoms. The van der Waals surface area contributed by atoms with Crippen LogP contribution in [0.15, 0.2) is 65.6 Å². The Labute approximate surface area is 264 Å². The number of aryl methyl sites for hydroxylation is 1. The van der Waals surface area contributed by atoms with Crippen LogP contribution in [0.5, 0.6) is 17.2 Å². The van der Waals surface area contributed by atoms with E-state index < -0.39 is 28.5 Å². The normalized spacial score (nSPS) is 12.5. The van der Waals surface area contributed by atoms with Crippen molar-refractivity contribution in [2.24, 2.45) is 0 Å². The summed E-state index contributed by atoms with van der Waals surface area (Å²) in [4.78, 5) is 28.7. The lowest BCUT2D eigenvalue weighted by atomic mass is 10.1. The van der Waals surface area contributed by atoms with Gasteiger partial charge in [0.05, 0.1) is 31.9 Å². The Morgan fingerprint density at radius 1 is 0.886 bits per heavy atom. The second-order valence-corrected chi connectivity index (χ2v) is 12.6. The molecule has 0 bridgehead atoms. The van der Waals surface area contributed by atoms with Crippen molar-refractivity contribution in [3.05, 3.63) is 76.8 Å². The van der Waals surface area contributed by atoms with E-state index in [1.807, 2.05) is 45.0 Å². The zero-order valence-electron chi connectivity index (χ0n) is 26.1. The van der Waals surface area contributed by atoms with Crippen LogP contribution in [0.3, 0.4) is 0 Å². The number of halogens is 1. The highest BCUT2D eigenvalue weighted by Gasteiger charge is 2.34. The van der Waals surface area contributed by atoms with Crippen molar-refractivity contribution in [3.8, 4) is 17.2 Å². The van der Waals surface area contributed by atoms with Gasteiger partial charge in [0.25, 0.3) is 10.0 Å². The van der Waals surface area contributed by atoms with Gasteiger partial charge in [-0.05, 0) is 63.1 Å². The molecule has 0 spiro atoms. The SMILES string of the molecule is CC[C@@H](C)NC(=O)[C@@H](C)N(Cc1ccc(C)cc1)C(=O)CN(c1cc(Cl)ccc1OC)S(=O)(=O)c1ccc(OC)c(OC)c1. The first-order valence-electron chi connectivity index (χ1n) is 14.1. The molecular weight excluding hydrogens is 606 g/mol. The minimum atomic E-state index is -4.43. The van der Waals surface area contributed by atoms with Gasteiger partial charge in [-0.15, -0.1) is 0 Å². The van der Waals surface area contributed by atoms with E-state index >= 15 is 0 Å². The third-order valence-corrected chi connectivity index (χ3v) is 9.26. The van der Waals surface area contributed by atoms with Gasteiger partial charge in [0.2, 0.25) is 11.8 Å². The highest BCUT2D eigenvalue weighted by atomic mass is 35.5. The summed E-state index contributed by atoms with van der Waals surface area (Å²) in [5, 5.41) is 3.16. The number of sulfonamides is 1. The molecule has 3 aromatic carbocycles. The summed E-state index contributed by atoms with van der Waals surface area (Å²) in [5.41, 5.74) is 1.87. The van der Waals surface area contributed by atoms with Crippen LogP contribution in [0.1, 0.15) is 38.3 Å². The molecule has 44 heavy (non-hydrogen) atoms. The van der Waals surface area contributed by atoms with Crippen molar-refractivity contribution >= 4 is 39.1 Å². The number of hydrogen-bond donors (Lipinski definition) is 1. The Balaban J connectivity index is 2.14. The smallest absolute Gasteiger partial charge is 0.265 e. The number of nitrogens with zero attached hydrogens (tertiary/aromatic N) is 2. The van der Waals surface area contributed by atoms with E-state index in [-0.39, 0.29) is 45.6 Å². The molecule has 0 saturated carbocycles. The average molecular weight is 646 g/mol. The molecule has 3 aromatic rings. The largest absolute Gasteiger partial charge is 0.495 e. The van der Waals surface area contributed by atoms with Crippen LogP contribution < -0.4 is 23.8 Å². The molecule has 1 N–H and O–H groups in total. The minimum absolute atomic E-state index is 0.0510. The maximum Gasteiger partial charge on any atom is 0.265 e. The number of anilines is 1. The summed E-state index contributed by atoms with van der Waals surface area (Å²) in [5.74, 6) is -0.258. The lowest BCUT2D eigenvalue weighted by molar-refractivity contribution is -0.139. The Bertz CT molecular complexity index is 1560. The van der Waals surface area contributed by atoms with E-state index in [1.165, 1.54) is 56.6 Å². The van der Waals surface area contributed by atoms with Gasteiger partial charge in [0.1, 0.15) is 18.3 Å². The van der Waals surface area contributed by atoms with E-state index in [1.54, 1.807) is 13.0 Å². The summed E-state index contributed by atoms with van der Waals surface area (Å²) in [6.07, 6.45) is 0.705. The van der Waals surface area contributed by atoms with Gasteiger partial charge in [-0.25, -0.2) is 8.42 Å². The number of methoxy groups -OCH3 is 3. The quantitative estimate of drug-likeness (QED) is 0.256. The van der Waals surface area contributed by atoms with Crippen LogP contribution in [0.4, 0.5) is 5.69 Å². The number of hydrogen-bond acceptors (Lipinski definition) is 7. The molecule has 0 aliphatic carbocycles. The molecule has 0 aromatic heterocycles. The number of benzene rings is 3. The van der Waals surface area contributed by atoms with Crippen LogP contribution in [-0.2, 0) is 26.2 Å². The molecule has 0 fully saturated rings. The maximum atomic E-state index is 14.3. The number of ether oxygens (including phenoxy) is 3. The number of amides is 2. The average Bonchev–Trinajstić information content (AvgIpc) is 3.02. The topological polar surface area (TPSA) is 114 Å². The fourth-order valence-electron chi connectivity index (χ4n) is 4.41. The van der Waals surface area contributed by atoms with Crippen LogP contribution >= 0.6 is 11.6 Å². The standard InChI is InChI=1S/C32H40ClN3O7S/c1-8-22(3)34-32(38)23(4)35(19-24-11-9-21(2)10-12-24)31(37)20-36(27-17-25(33)13-15-28(27)41-5)44(39,40)26-14-16-29(42-6)30(18-26)43-7/h9-18,22-23H,8,19-20H2,1-7H3,(H,34,38)/t22-,23-/m1/s1. The second kappa shape index (κ2) is 15.2. The van der Waals surface area contributed by atoms with Crippen molar-refractivity contribution in [2.45, 2.75) is 57.6 Å². The molecule has 2 atom stereocenters. The van der Waals surface area contributed by atoms with Gasteiger partial charge in [-0.2, -0.15) is 0 Å². The lowest BCUT2D eigenvalue weighted by Crippen LogP contribution is -2.52. The lowest BCUT2D eigenvalue weighted by Gasteiger charge is -2.33. The van der Waals surface area contributed by atoms with Gasteiger partial charge in [0, 0.05) is 23.7 Å². The first-order chi connectivity index (χ1) is 20.9. The van der Waals surface area contributed by atoms with Crippen molar-refractivity contribution in [2.75, 3.05) is 32.2 Å². The molecule has 0 radical (unpaired) electrons. The zero-order valence-corrected chi connectivity index (χ0v) is 27.7. The third-order valence-electron chi connectivity index (χ3n) is 7.27. The molecule has 0 aliphatic heterocycles.